The van der Waals surface area contributed by atoms with Crippen LogP contribution >= 0.6 is 11.3 Å². The van der Waals surface area contributed by atoms with E-state index in [0.29, 0.717) is 10.7 Å². The number of fused-ring (bicyclic) bond motifs is 1. The Morgan fingerprint density at radius 1 is 1.00 bits per heavy atom. The van der Waals surface area contributed by atoms with E-state index < -0.39 is 11.7 Å². The van der Waals surface area contributed by atoms with Crippen molar-refractivity contribution >= 4 is 21.4 Å². The minimum Gasteiger partial charge on any atom is -0.309 e. The molecular formula is C18H22F3NS. The molecule has 23 heavy (non-hydrogen) atoms. The molecular weight excluding hydrogens is 319 g/mol. The van der Waals surface area contributed by atoms with Gasteiger partial charge in [-0.3, -0.25) is 0 Å². The van der Waals surface area contributed by atoms with Gasteiger partial charge < -0.3 is 5.32 Å². The highest BCUT2D eigenvalue weighted by Crippen LogP contribution is 2.34. The lowest BCUT2D eigenvalue weighted by Crippen LogP contribution is -2.28. The summed E-state index contributed by atoms with van der Waals surface area (Å²) < 4.78 is 39.0. The maximum Gasteiger partial charge on any atom is 0.416 e. The lowest BCUT2D eigenvalue weighted by molar-refractivity contribution is -0.137. The molecule has 1 nitrogen and oxygen atoms in total. The van der Waals surface area contributed by atoms with E-state index in [0.717, 1.165) is 16.8 Å². The third-order valence-electron chi connectivity index (χ3n) is 4.57. The average molecular weight is 341 g/mol. The summed E-state index contributed by atoms with van der Waals surface area (Å²) in [7, 11) is 0. The predicted octanol–water partition coefficient (Wildman–Crippen LogP) is 6.12. The number of alkyl halides is 3. The number of thiophene rings is 1. The first-order valence-electron chi connectivity index (χ1n) is 8.35. The van der Waals surface area contributed by atoms with Gasteiger partial charge in [0.25, 0.3) is 0 Å². The molecule has 1 aromatic carbocycles. The maximum absolute atomic E-state index is 12.8. The quantitative estimate of drug-likeness (QED) is 0.709. The van der Waals surface area contributed by atoms with E-state index in [1.807, 2.05) is 6.07 Å². The molecule has 1 heterocycles. The number of rotatable bonds is 3. The summed E-state index contributed by atoms with van der Waals surface area (Å²) in [5.74, 6) is 0. The predicted molar refractivity (Wildman–Crippen MR) is 89.8 cm³/mol. The summed E-state index contributed by atoms with van der Waals surface area (Å²) in [6.07, 6.45) is 4.70. The van der Waals surface area contributed by atoms with Crippen molar-refractivity contribution in [3.8, 4) is 0 Å². The molecule has 1 saturated carbocycles. The minimum absolute atomic E-state index is 0.547. The van der Waals surface area contributed by atoms with E-state index in [4.69, 9.17) is 0 Å². The number of hydrogen-bond acceptors (Lipinski definition) is 2. The molecule has 126 valence electrons. The second-order valence-electron chi connectivity index (χ2n) is 6.39. The molecule has 1 aliphatic rings. The Morgan fingerprint density at radius 2 is 1.70 bits per heavy atom. The van der Waals surface area contributed by atoms with Crippen molar-refractivity contribution in [1.82, 2.24) is 5.32 Å². The molecule has 0 spiro atoms. The molecule has 1 N–H and O–H groups in total. The standard InChI is InChI=1S/C18H22F3NS/c19-18(20,21)14-9-8-13-10-16(23-17(13)11-14)12-22-15-6-4-2-1-3-5-7-15/h8-11,15,22H,1-7,12H2. The van der Waals surface area contributed by atoms with Crippen LogP contribution in [0, 0.1) is 0 Å². The van der Waals surface area contributed by atoms with Crippen molar-refractivity contribution in [1.29, 1.82) is 0 Å². The molecule has 0 unspecified atom stereocenters. The Bertz CT molecular complexity index is 639. The molecule has 1 fully saturated rings. The SMILES string of the molecule is FC(F)(F)c1ccc2cc(CNC3CCCCCCC3)sc2c1. The first-order chi connectivity index (χ1) is 11.0. The fraction of sp³-hybridized carbons (Fsp3) is 0.556. The molecule has 5 heteroatoms. The van der Waals surface area contributed by atoms with E-state index in [-0.39, 0.29) is 0 Å². The Labute approximate surface area is 138 Å². The van der Waals surface area contributed by atoms with E-state index >= 15 is 0 Å². The van der Waals surface area contributed by atoms with Crippen LogP contribution in [0.25, 0.3) is 10.1 Å². The lowest BCUT2D eigenvalue weighted by Gasteiger charge is -2.20. The highest BCUT2D eigenvalue weighted by atomic mass is 32.1. The van der Waals surface area contributed by atoms with Crippen LogP contribution in [0.1, 0.15) is 55.4 Å². The summed E-state index contributed by atoms with van der Waals surface area (Å²) >= 11 is 1.46. The number of halogens is 3. The molecule has 0 amide bonds. The Kier molecular flexibility index (Phi) is 5.27. The fourth-order valence-electron chi connectivity index (χ4n) is 3.25. The van der Waals surface area contributed by atoms with Gasteiger partial charge in [0, 0.05) is 22.2 Å². The normalized spacial score (nSPS) is 18.0. The lowest BCUT2D eigenvalue weighted by atomic mass is 9.97. The van der Waals surface area contributed by atoms with Crippen molar-refractivity contribution in [2.24, 2.45) is 0 Å². The van der Waals surface area contributed by atoms with Gasteiger partial charge in [-0.05, 0) is 36.4 Å². The van der Waals surface area contributed by atoms with Crippen LogP contribution in [0.3, 0.4) is 0 Å². The van der Waals surface area contributed by atoms with Crippen LogP contribution in [-0.2, 0) is 12.7 Å². The van der Waals surface area contributed by atoms with Crippen LogP contribution in [0.15, 0.2) is 24.3 Å². The van der Waals surface area contributed by atoms with E-state index in [1.165, 1.54) is 68.4 Å². The largest absolute Gasteiger partial charge is 0.416 e. The molecule has 2 aromatic rings. The zero-order chi connectivity index (χ0) is 16.3. The molecule has 1 aromatic heterocycles. The van der Waals surface area contributed by atoms with Crippen LogP contribution in [0.5, 0.6) is 0 Å². The van der Waals surface area contributed by atoms with Crippen molar-refractivity contribution < 1.29 is 13.2 Å². The topological polar surface area (TPSA) is 12.0 Å². The third kappa shape index (κ3) is 4.48. The molecule has 3 rings (SSSR count). The highest BCUT2D eigenvalue weighted by molar-refractivity contribution is 7.19. The van der Waals surface area contributed by atoms with E-state index in [9.17, 15) is 13.2 Å². The van der Waals surface area contributed by atoms with Gasteiger partial charge in [0.1, 0.15) is 0 Å². The first kappa shape index (κ1) is 16.8. The van der Waals surface area contributed by atoms with E-state index in [1.54, 1.807) is 6.07 Å². The first-order valence-corrected chi connectivity index (χ1v) is 9.17. The fourth-order valence-corrected chi connectivity index (χ4v) is 4.31. The van der Waals surface area contributed by atoms with Gasteiger partial charge in [-0.2, -0.15) is 13.2 Å². The summed E-state index contributed by atoms with van der Waals surface area (Å²) in [4.78, 5) is 1.11. The Balaban J connectivity index is 1.66. The Morgan fingerprint density at radius 3 is 2.39 bits per heavy atom. The second-order valence-corrected chi connectivity index (χ2v) is 7.55. The van der Waals surface area contributed by atoms with Crippen molar-refractivity contribution in [3.63, 3.8) is 0 Å². The third-order valence-corrected chi connectivity index (χ3v) is 5.67. The average Bonchev–Trinajstić information content (AvgIpc) is 2.87. The smallest absolute Gasteiger partial charge is 0.309 e. The molecule has 0 atom stereocenters. The van der Waals surface area contributed by atoms with Gasteiger partial charge in [0.05, 0.1) is 5.56 Å². The van der Waals surface area contributed by atoms with Crippen LogP contribution < -0.4 is 5.32 Å². The van der Waals surface area contributed by atoms with Gasteiger partial charge in [-0.1, -0.05) is 38.2 Å². The molecule has 0 saturated heterocycles. The van der Waals surface area contributed by atoms with Crippen molar-refractivity contribution in [2.45, 2.75) is 63.7 Å². The number of benzene rings is 1. The van der Waals surface area contributed by atoms with Crippen molar-refractivity contribution in [2.75, 3.05) is 0 Å². The summed E-state index contributed by atoms with van der Waals surface area (Å²) in [5.41, 5.74) is -0.564. The molecule has 0 aliphatic heterocycles. The maximum atomic E-state index is 12.8. The second kappa shape index (κ2) is 7.22. The van der Waals surface area contributed by atoms with Crippen LogP contribution in [-0.4, -0.2) is 6.04 Å². The Hall–Kier alpha value is -1.07. The summed E-state index contributed by atoms with van der Waals surface area (Å²) in [6, 6.07) is 6.57. The van der Waals surface area contributed by atoms with Crippen molar-refractivity contribution in [3.05, 3.63) is 34.7 Å². The monoisotopic (exact) mass is 341 g/mol. The van der Waals surface area contributed by atoms with Gasteiger partial charge in [-0.25, -0.2) is 0 Å². The van der Waals surface area contributed by atoms with Crippen LogP contribution in [0.2, 0.25) is 0 Å². The van der Waals surface area contributed by atoms with Gasteiger partial charge in [-0.15, -0.1) is 11.3 Å². The van der Waals surface area contributed by atoms with Gasteiger partial charge >= 0.3 is 6.18 Å². The van der Waals surface area contributed by atoms with Gasteiger partial charge in [0.2, 0.25) is 0 Å². The number of nitrogens with one attached hydrogen (secondary N) is 1. The zero-order valence-corrected chi connectivity index (χ0v) is 13.9. The molecule has 0 bridgehead atoms. The van der Waals surface area contributed by atoms with Crippen LogP contribution in [0.4, 0.5) is 13.2 Å². The van der Waals surface area contributed by atoms with Gasteiger partial charge in [0.15, 0.2) is 0 Å². The summed E-state index contributed by atoms with van der Waals surface area (Å²) in [6.45, 7) is 0.755. The van der Waals surface area contributed by atoms with E-state index in [2.05, 4.69) is 5.32 Å². The summed E-state index contributed by atoms with van der Waals surface area (Å²) in [5, 5.41) is 4.50. The minimum atomic E-state index is -4.27. The molecule has 0 radical (unpaired) electrons. The highest BCUT2D eigenvalue weighted by Gasteiger charge is 2.30. The zero-order valence-electron chi connectivity index (χ0n) is 13.1. The number of hydrogen-bond donors (Lipinski definition) is 1. The molecule has 1 aliphatic carbocycles.